The minimum absolute atomic E-state index is 0.344. The number of fused-ring (bicyclic) bond motifs is 1. The highest BCUT2D eigenvalue weighted by molar-refractivity contribution is 9.10. The van der Waals surface area contributed by atoms with Crippen LogP contribution in [0.25, 0.3) is 0 Å². The molecule has 98 valence electrons. The largest absolute Gasteiger partial charge is 0.453 e. The topological polar surface area (TPSA) is 30.5 Å². The molecule has 0 aromatic heterocycles. The summed E-state index contributed by atoms with van der Waals surface area (Å²) in [6, 6.07) is 2.24. The van der Waals surface area contributed by atoms with Crippen molar-refractivity contribution in [2.45, 2.75) is 32.1 Å². The van der Waals surface area contributed by atoms with Crippen LogP contribution in [0, 0.1) is 0 Å². The standard InChI is InChI=1S/C14H18BrNO2/c1-2-10-11(9-3-5-16-6-4-9)7-12(15)14-13(10)17-8-18-14/h7,9,16H,2-6,8H2,1H3. The molecule has 0 saturated carbocycles. The third kappa shape index (κ3) is 2.01. The summed E-state index contributed by atoms with van der Waals surface area (Å²) < 4.78 is 12.2. The Morgan fingerprint density at radius 3 is 2.72 bits per heavy atom. The molecule has 2 heterocycles. The van der Waals surface area contributed by atoms with Crippen molar-refractivity contribution in [2.24, 2.45) is 0 Å². The van der Waals surface area contributed by atoms with E-state index in [-0.39, 0.29) is 0 Å². The van der Waals surface area contributed by atoms with Crippen molar-refractivity contribution >= 4 is 15.9 Å². The molecule has 4 heteroatoms. The highest BCUT2D eigenvalue weighted by Crippen LogP contribution is 2.46. The number of piperidine rings is 1. The predicted octanol–water partition coefficient (Wildman–Crippen LogP) is 3.21. The van der Waals surface area contributed by atoms with E-state index in [9.17, 15) is 0 Å². The fourth-order valence-corrected chi connectivity index (χ4v) is 3.50. The van der Waals surface area contributed by atoms with Crippen molar-refractivity contribution in [2.75, 3.05) is 19.9 Å². The molecule has 0 aliphatic carbocycles. The lowest BCUT2D eigenvalue weighted by atomic mass is 9.86. The van der Waals surface area contributed by atoms with Crippen molar-refractivity contribution < 1.29 is 9.47 Å². The lowest BCUT2D eigenvalue weighted by Gasteiger charge is -2.26. The Balaban J connectivity index is 2.05. The number of hydrogen-bond acceptors (Lipinski definition) is 3. The number of halogens is 1. The zero-order valence-electron chi connectivity index (χ0n) is 10.6. The molecule has 0 atom stereocenters. The van der Waals surface area contributed by atoms with Gasteiger partial charge < -0.3 is 14.8 Å². The van der Waals surface area contributed by atoms with E-state index in [0.717, 1.165) is 35.5 Å². The molecule has 1 N–H and O–H groups in total. The zero-order chi connectivity index (χ0) is 12.5. The number of ether oxygens (including phenoxy) is 2. The molecule has 1 aromatic rings. The lowest BCUT2D eigenvalue weighted by Crippen LogP contribution is -2.27. The molecule has 0 unspecified atom stereocenters. The number of nitrogens with one attached hydrogen (secondary N) is 1. The molecule has 0 bridgehead atoms. The molecule has 1 fully saturated rings. The van der Waals surface area contributed by atoms with Gasteiger partial charge in [0.1, 0.15) is 0 Å². The average molecular weight is 312 g/mol. The maximum absolute atomic E-state index is 5.66. The van der Waals surface area contributed by atoms with E-state index in [0.29, 0.717) is 12.7 Å². The van der Waals surface area contributed by atoms with E-state index in [1.54, 1.807) is 0 Å². The van der Waals surface area contributed by atoms with Crippen molar-refractivity contribution in [3.8, 4) is 11.5 Å². The smallest absolute Gasteiger partial charge is 0.231 e. The quantitative estimate of drug-likeness (QED) is 0.909. The van der Waals surface area contributed by atoms with Crippen LogP contribution in [-0.2, 0) is 6.42 Å². The molecule has 3 rings (SSSR count). The third-order valence-corrected chi connectivity index (χ3v) is 4.46. The first-order valence-corrected chi connectivity index (χ1v) is 7.42. The van der Waals surface area contributed by atoms with E-state index >= 15 is 0 Å². The predicted molar refractivity (Wildman–Crippen MR) is 74.5 cm³/mol. The van der Waals surface area contributed by atoms with Crippen LogP contribution in [0.15, 0.2) is 10.5 Å². The van der Waals surface area contributed by atoms with Crippen molar-refractivity contribution in [1.82, 2.24) is 5.32 Å². The van der Waals surface area contributed by atoms with Gasteiger partial charge in [-0.2, -0.15) is 0 Å². The molecule has 18 heavy (non-hydrogen) atoms. The Morgan fingerprint density at radius 2 is 2.00 bits per heavy atom. The SMILES string of the molecule is CCc1c(C2CCNCC2)cc(Br)c2c1OCO2. The first-order valence-electron chi connectivity index (χ1n) is 6.62. The summed E-state index contributed by atoms with van der Waals surface area (Å²) in [5, 5.41) is 3.42. The minimum Gasteiger partial charge on any atom is -0.453 e. The van der Waals surface area contributed by atoms with Gasteiger partial charge in [0.05, 0.1) is 4.47 Å². The van der Waals surface area contributed by atoms with Gasteiger partial charge in [-0.3, -0.25) is 0 Å². The highest BCUT2D eigenvalue weighted by atomic mass is 79.9. The van der Waals surface area contributed by atoms with E-state index < -0.39 is 0 Å². The number of rotatable bonds is 2. The minimum atomic E-state index is 0.344. The van der Waals surface area contributed by atoms with Crippen LogP contribution in [0.2, 0.25) is 0 Å². The van der Waals surface area contributed by atoms with Crippen LogP contribution in [0.3, 0.4) is 0 Å². The zero-order valence-corrected chi connectivity index (χ0v) is 12.2. The van der Waals surface area contributed by atoms with Crippen LogP contribution in [0.5, 0.6) is 11.5 Å². The second-order valence-corrected chi connectivity index (χ2v) is 5.72. The van der Waals surface area contributed by atoms with E-state index in [1.165, 1.54) is 24.0 Å². The number of hydrogen-bond donors (Lipinski definition) is 1. The van der Waals surface area contributed by atoms with Gasteiger partial charge in [-0.15, -0.1) is 0 Å². The van der Waals surface area contributed by atoms with E-state index in [2.05, 4.69) is 34.2 Å². The van der Waals surface area contributed by atoms with Gasteiger partial charge in [-0.05, 0) is 65.8 Å². The maximum Gasteiger partial charge on any atom is 0.231 e. The average Bonchev–Trinajstić information content (AvgIpc) is 2.89. The molecule has 0 radical (unpaired) electrons. The Kier molecular flexibility index (Phi) is 3.48. The summed E-state index contributed by atoms with van der Waals surface area (Å²) in [6.07, 6.45) is 3.41. The van der Waals surface area contributed by atoms with Crippen LogP contribution in [0.4, 0.5) is 0 Å². The molecule has 0 spiro atoms. The Morgan fingerprint density at radius 1 is 1.28 bits per heavy atom. The third-order valence-electron chi connectivity index (χ3n) is 3.87. The van der Waals surface area contributed by atoms with Gasteiger partial charge in [-0.1, -0.05) is 6.92 Å². The fraction of sp³-hybridized carbons (Fsp3) is 0.571. The van der Waals surface area contributed by atoms with Crippen molar-refractivity contribution in [1.29, 1.82) is 0 Å². The second-order valence-electron chi connectivity index (χ2n) is 4.87. The summed E-state index contributed by atoms with van der Waals surface area (Å²) >= 11 is 3.61. The summed E-state index contributed by atoms with van der Waals surface area (Å²) in [6.45, 7) is 4.76. The summed E-state index contributed by atoms with van der Waals surface area (Å²) in [5.74, 6) is 2.48. The van der Waals surface area contributed by atoms with Gasteiger partial charge in [0.2, 0.25) is 6.79 Å². The first kappa shape index (κ1) is 12.3. The van der Waals surface area contributed by atoms with Gasteiger partial charge in [0, 0.05) is 5.56 Å². The summed E-state index contributed by atoms with van der Waals surface area (Å²) in [7, 11) is 0. The highest BCUT2D eigenvalue weighted by Gasteiger charge is 2.27. The Labute approximate surface area is 116 Å². The summed E-state index contributed by atoms with van der Waals surface area (Å²) in [5.41, 5.74) is 2.77. The molecule has 0 amide bonds. The lowest BCUT2D eigenvalue weighted by molar-refractivity contribution is 0.172. The second kappa shape index (κ2) is 5.10. The van der Waals surface area contributed by atoms with Gasteiger partial charge in [0.15, 0.2) is 11.5 Å². The number of benzene rings is 1. The van der Waals surface area contributed by atoms with Crippen LogP contribution in [-0.4, -0.2) is 19.9 Å². The van der Waals surface area contributed by atoms with Gasteiger partial charge in [0.25, 0.3) is 0 Å². The molecular formula is C14H18BrNO2. The monoisotopic (exact) mass is 311 g/mol. The van der Waals surface area contributed by atoms with Crippen LogP contribution in [0.1, 0.15) is 36.8 Å². The molecule has 1 saturated heterocycles. The molecule has 1 aromatic carbocycles. The first-order chi connectivity index (χ1) is 8.81. The van der Waals surface area contributed by atoms with Crippen LogP contribution < -0.4 is 14.8 Å². The molecule has 2 aliphatic rings. The Bertz CT molecular complexity index is 456. The normalized spacial score (nSPS) is 19.2. The van der Waals surface area contributed by atoms with Crippen molar-refractivity contribution in [3.05, 3.63) is 21.7 Å². The molecule has 2 aliphatic heterocycles. The Hall–Kier alpha value is -0.740. The van der Waals surface area contributed by atoms with Gasteiger partial charge in [-0.25, -0.2) is 0 Å². The fourth-order valence-electron chi connectivity index (χ4n) is 2.96. The van der Waals surface area contributed by atoms with Crippen molar-refractivity contribution in [3.63, 3.8) is 0 Å². The molecule has 3 nitrogen and oxygen atoms in total. The maximum atomic E-state index is 5.66. The summed E-state index contributed by atoms with van der Waals surface area (Å²) in [4.78, 5) is 0. The molecular weight excluding hydrogens is 294 g/mol. The van der Waals surface area contributed by atoms with Crippen LogP contribution >= 0.6 is 15.9 Å². The van der Waals surface area contributed by atoms with Gasteiger partial charge >= 0.3 is 0 Å². The van der Waals surface area contributed by atoms with E-state index in [4.69, 9.17) is 9.47 Å². The van der Waals surface area contributed by atoms with E-state index in [1.807, 2.05) is 0 Å².